The Bertz CT molecular complexity index is 1050. The highest BCUT2D eigenvalue weighted by Gasteiger charge is 2.35. The second-order valence-electron chi connectivity index (χ2n) is 9.22. The van der Waals surface area contributed by atoms with Crippen molar-refractivity contribution in [1.82, 2.24) is 9.80 Å². The molecule has 1 aromatic heterocycles. The highest BCUT2D eigenvalue weighted by atomic mass is 19.1. The molecule has 2 aliphatic rings. The Labute approximate surface area is 182 Å². The molecule has 2 aliphatic heterocycles. The van der Waals surface area contributed by atoms with Gasteiger partial charge in [0.25, 0.3) is 5.91 Å². The van der Waals surface area contributed by atoms with Crippen molar-refractivity contribution in [3.63, 3.8) is 0 Å². The van der Waals surface area contributed by atoms with Gasteiger partial charge in [0.2, 0.25) is 0 Å². The first-order valence-electron chi connectivity index (χ1n) is 11.3. The summed E-state index contributed by atoms with van der Waals surface area (Å²) in [6, 6.07) is 14.7. The molecule has 2 unspecified atom stereocenters. The molecule has 0 bridgehead atoms. The quantitative estimate of drug-likeness (QED) is 0.585. The van der Waals surface area contributed by atoms with Crippen LogP contribution in [0.2, 0.25) is 0 Å². The zero-order valence-electron chi connectivity index (χ0n) is 18.0. The van der Waals surface area contributed by atoms with Crippen LogP contribution < -0.4 is 0 Å². The predicted molar refractivity (Wildman–Crippen MR) is 120 cm³/mol. The first-order valence-corrected chi connectivity index (χ1v) is 11.3. The molecule has 0 saturated carbocycles. The summed E-state index contributed by atoms with van der Waals surface area (Å²) in [6.07, 6.45) is 3.86. The van der Waals surface area contributed by atoms with Crippen LogP contribution in [0.25, 0.3) is 11.0 Å². The molecule has 162 valence electrons. The number of benzene rings is 2. The Morgan fingerprint density at radius 2 is 1.84 bits per heavy atom. The van der Waals surface area contributed by atoms with Gasteiger partial charge >= 0.3 is 0 Å². The number of amides is 1. The Balaban J connectivity index is 1.18. The van der Waals surface area contributed by atoms with Crippen LogP contribution >= 0.6 is 0 Å². The number of hydrogen-bond acceptors (Lipinski definition) is 3. The standard InChI is InChI=1S/C26H29FN2O2/c1-18-15-29(26(30)24-4-2-3-21-11-14-31-25(21)24)17-22(18)16-28-12-9-20(10-13-28)19-5-7-23(27)8-6-19/h2-8,11,14,18,20,22H,9-10,12-13,15-17H2,1H3. The van der Waals surface area contributed by atoms with Crippen molar-refractivity contribution in [2.45, 2.75) is 25.7 Å². The highest BCUT2D eigenvalue weighted by molar-refractivity contribution is 6.04. The van der Waals surface area contributed by atoms with Crippen LogP contribution in [-0.2, 0) is 0 Å². The predicted octanol–water partition coefficient (Wildman–Crippen LogP) is 5.16. The van der Waals surface area contributed by atoms with Gasteiger partial charge in [-0.3, -0.25) is 4.79 Å². The van der Waals surface area contributed by atoms with Crippen molar-refractivity contribution in [3.05, 3.63) is 71.7 Å². The summed E-state index contributed by atoms with van der Waals surface area (Å²) in [5.74, 6) is 1.39. The van der Waals surface area contributed by atoms with Gasteiger partial charge in [-0.05, 0) is 73.5 Å². The monoisotopic (exact) mass is 420 g/mol. The number of carbonyl (C=O) groups excluding carboxylic acids is 1. The number of nitrogens with zero attached hydrogens (tertiary/aromatic N) is 2. The molecule has 2 atom stereocenters. The maximum Gasteiger partial charge on any atom is 0.257 e. The van der Waals surface area contributed by atoms with Gasteiger partial charge in [0, 0.05) is 25.0 Å². The van der Waals surface area contributed by atoms with E-state index in [9.17, 15) is 9.18 Å². The Morgan fingerprint density at radius 1 is 1.06 bits per heavy atom. The Hall–Kier alpha value is -2.66. The van der Waals surface area contributed by atoms with Gasteiger partial charge in [-0.25, -0.2) is 4.39 Å². The van der Waals surface area contributed by atoms with Crippen molar-refractivity contribution >= 4 is 16.9 Å². The molecule has 31 heavy (non-hydrogen) atoms. The van der Waals surface area contributed by atoms with Crippen LogP contribution in [0.15, 0.2) is 59.2 Å². The van der Waals surface area contributed by atoms with Gasteiger partial charge in [0.15, 0.2) is 0 Å². The maximum absolute atomic E-state index is 13.2. The van der Waals surface area contributed by atoms with Gasteiger partial charge in [-0.15, -0.1) is 0 Å². The first kappa shape index (κ1) is 20.3. The molecule has 0 spiro atoms. The molecule has 5 rings (SSSR count). The highest BCUT2D eigenvalue weighted by Crippen LogP contribution is 2.31. The van der Waals surface area contributed by atoms with Crippen molar-refractivity contribution in [1.29, 1.82) is 0 Å². The molecule has 2 fully saturated rings. The van der Waals surface area contributed by atoms with E-state index < -0.39 is 0 Å². The van der Waals surface area contributed by atoms with E-state index in [4.69, 9.17) is 4.42 Å². The van der Waals surface area contributed by atoms with E-state index in [1.165, 1.54) is 5.56 Å². The zero-order chi connectivity index (χ0) is 21.4. The molecular formula is C26H29FN2O2. The lowest BCUT2D eigenvalue weighted by Gasteiger charge is -2.34. The third kappa shape index (κ3) is 4.11. The summed E-state index contributed by atoms with van der Waals surface area (Å²) in [7, 11) is 0. The number of furan rings is 1. The molecule has 0 aliphatic carbocycles. The minimum Gasteiger partial charge on any atom is -0.464 e. The van der Waals surface area contributed by atoms with E-state index in [0.717, 1.165) is 51.0 Å². The van der Waals surface area contributed by atoms with Crippen molar-refractivity contribution in [2.75, 3.05) is 32.7 Å². The van der Waals surface area contributed by atoms with Gasteiger partial charge in [-0.2, -0.15) is 0 Å². The summed E-state index contributed by atoms with van der Waals surface area (Å²) in [5, 5.41) is 0.971. The van der Waals surface area contributed by atoms with Crippen LogP contribution in [0.4, 0.5) is 4.39 Å². The normalized spacial score (nSPS) is 23.0. The molecule has 0 N–H and O–H groups in total. The summed E-state index contributed by atoms with van der Waals surface area (Å²) >= 11 is 0. The number of carbonyl (C=O) groups is 1. The lowest BCUT2D eigenvalue weighted by Crippen LogP contribution is -2.38. The number of halogens is 1. The topological polar surface area (TPSA) is 36.7 Å². The first-order chi connectivity index (χ1) is 15.1. The third-order valence-corrected chi connectivity index (χ3v) is 7.19. The number of hydrogen-bond donors (Lipinski definition) is 0. The second kappa shape index (κ2) is 8.46. The molecule has 0 radical (unpaired) electrons. The largest absolute Gasteiger partial charge is 0.464 e. The van der Waals surface area contributed by atoms with Crippen molar-refractivity contribution < 1.29 is 13.6 Å². The summed E-state index contributed by atoms with van der Waals surface area (Å²) in [6.45, 7) is 7.01. The minimum absolute atomic E-state index is 0.0740. The molecule has 3 aromatic rings. The smallest absolute Gasteiger partial charge is 0.257 e. The van der Waals surface area contributed by atoms with Crippen molar-refractivity contribution in [3.8, 4) is 0 Å². The van der Waals surface area contributed by atoms with Gasteiger partial charge in [-0.1, -0.05) is 31.2 Å². The fraction of sp³-hybridized carbons (Fsp3) is 0.423. The van der Waals surface area contributed by atoms with E-state index in [1.54, 1.807) is 18.4 Å². The number of fused-ring (bicyclic) bond motifs is 1. The lowest BCUT2D eigenvalue weighted by atomic mass is 9.88. The van der Waals surface area contributed by atoms with Crippen LogP contribution in [0.3, 0.4) is 0 Å². The van der Waals surface area contributed by atoms with E-state index in [0.29, 0.717) is 28.9 Å². The Kier molecular flexibility index (Phi) is 5.53. The molecule has 4 nitrogen and oxygen atoms in total. The maximum atomic E-state index is 13.2. The van der Waals surface area contributed by atoms with Crippen LogP contribution in [-0.4, -0.2) is 48.4 Å². The lowest BCUT2D eigenvalue weighted by molar-refractivity contribution is 0.0781. The van der Waals surface area contributed by atoms with E-state index in [2.05, 4.69) is 11.8 Å². The third-order valence-electron chi connectivity index (χ3n) is 7.19. The fourth-order valence-electron chi connectivity index (χ4n) is 5.28. The van der Waals surface area contributed by atoms with Gasteiger partial charge in [0.05, 0.1) is 11.8 Å². The number of piperidine rings is 1. The van der Waals surface area contributed by atoms with E-state index in [1.807, 2.05) is 41.3 Å². The average Bonchev–Trinajstić information content (AvgIpc) is 3.41. The molecular weight excluding hydrogens is 391 g/mol. The number of rotatable bonds is 4. The molecule has 2 aromatic carbocycles. The summed E-state index contributed by atoms with van der Waals surface area (Å²) < 4.78 is 18.8. The average molecular weight is 421 g/mol. The fourth-order valence-corrected chi connectivity index (χ4v) is 5.28. The van der Waals surface area contributed by atoms with Crippen molar-refractivity contribution in [2.24, 2.45) is 11.8 Å². The van der Waals surface area contributed by atoms with Gasteiger partial charge < -0.3 is 14.2 Å². The van der Waals surface area contributed by atoms with Crippen LogP contribution in [0, 0.1) is 17.7 Å². The molecule has 1 amide bonds. The second-order valence-corrected chi connectivity index (χ2v) is 9.22. The molecule has 2 saturated heterocycles. The Morgan fingerprint density at radius 3 is 2.61 bits per heavy atom. The number of likely N-dealkylation sites (tertiary alicyclic amines) is 2. The molecule has 3 heterocycles. The summed E-state index contributed by atoms with van der Waals surface area (Å²) in [5.41, 5.74) is 2.60. The zero-order valence-corrected chi connectivity index (χ0v) is 18.0. The SMILES string of the molecule is CC1CN(C(=O)c2cccc3ccoc23)CC1CN1CCC(c2ccc(F)cc2)CC1. The number of para-hydroxylation sites is 1. The summed E-state index contributed by atoms with van der Waals surface area (Å²) in [4.78, 5) is 17.7. The van der Waals surface area contributed by atoms with E-state index in [-0.39, 0.29) is 11.7 Å². The van der Waals surface area contributed by atoms with Crippen LogP contribution in [0.1, 0.15) is 41.6 Å². The molecule has 5 heteroatoms. The van der Waals surface area contributed by atoms with Gasteiger partial charge in [0.1, 0.15) is 11.4 Å². The van der Waals surface area contributed by atoms with E-state index >= 15 is 0 Å². The minimum atomic E-state index is -0.168. The van der Waals surface area contributed by atoms with Crippen LogP contribution in [0.5, 0.6) is 0 Å².